The minimum absolute atomic E-state index is 0.0169. The zero-order chi connectivity index (χ0) is 27.1. The molecule has 3 aromatic rings. The van der Waals surface area contributed by atoms with Crippen LogP contribution in [0, 0.1) is 21.3 Å². The molecule has 2 aromatic carbocycles. The van der Waals surface area contributed by atoms with E-state index >= 15 is 0 Å². The summed E-state index contributed by atoms with van der Waals surface area (Å²) in [6.07, 6.45) is -0.303. The number of carbonyl (C=O) groups is 1. The molecule has 194 valence electrons. The molecule has 37 heavy (non-hydrogen) atoms. The van der Waals surface area contributed by atoms with Crippen LogP contribution in [0.3, 0.4) is 0 Å². The van der Waals surface area contributed by atoms with E-state index in [1.54, 1.807) is 13.0 Å². The minimum Gasteiger partial charge on any atom is -0.497 e. The van der Waals surface area contributed by atoms with Crippen molar-refractivity contribution in [3.63, 3.8) is 0 Å². The predicted molar refractivity (Wildman–Crippen MR) is 132 cm³/mol. The van der Waals surface area contributed by atoms with Crippen molar-refractivity contribution in [2.24, 2.45) is 5.73 Å². The number of amidine groups is 1. The van der Waals surface area contributed by atoms with Crippen LogP contribution in [-0.2, 0) is 16.1 Å². The van der Waals surface area contributed by atoms with Crippen LogP contribution in [0.5, 0.6) is 17.4 Å². The molecule has 1 unspecified atom stereocenters. The molecule has 0 saturated heterocycles. The van der Waals surface area contributed by atoms with Gasteiger partial charge in [0.25, 0.3) is 11.6 Å². The Balaban J connectivity index is 1.89. The topological polar surface area (TPSA) is 154 Å². The van der Waals surface area contributed by atoms with E-state index in [9.17, 15) is 19.3 Å². The largest absolute Gasteiger partial charge is 0.497 e. The predicted octanol–water partition coefficient (Wildman–Crippen LogP) is 4.47. The molecular formula is C24H23ClFN5O6. The smallest absolute Gasteiger partial charge is 0.287 e. The average molecular weight is 532 g/mol. The Labute approximate surface area is 216 Å². The number of nitrogens with one attached hydrogen (secondary N) is 1. The first-order valence-corrected chi connectivity index (χ1v) is 11.2. The van der Waals surface area contributed by atoms with E-state index in [0.29, 0.717) is 11.1 Å². The van der Waals surface area contributed by atoms with Gasteiger partial charge in [0.15, 0.2) is 6.10 Å². The van der Waals surface area contributed by atoms with Crippen molar-refractivity contribution in [2.75, 3.05) is 13.7 Å². The van der Waals surface area contributed by atoms with Gasteiger partial charge in [0, 0.05) is 53.3 Å². The molecule has 13 heteroatoms. The first-order chi connectivity index (χ1) is 17.6. The molecule has 0 aliphatic carbocycles. The number of carbonyl (C=O) groups excluding carboxylic acids is 1. The molecule has 0 saturated carbocycles. The van der Waals surface area contributed by atoms with Gasteiger partial charge in [0.1, 0.15) is 29.3 Å². The van der Waals surface area contributed by atoms with Gasteiger partial charge in [-0.15, -0.1) is 0 Å². The number of nitrogens with zero attached hydrogens (tertiary/aromatic N) is 3. The van der Waals surface area contributed by atoms with Gasteiger partial charge >= 0.3 is 0 Å². The number of aromatic nitrogens is 1. The van der Waals surface area contributed by atoms with Gasteiger partial charge in [-0.05, 0) is 25.1 Å². The fourth-order valence-corrected chi connectivity index (χ4v) is 3.48. The summed E-state index contributed by atoms with van der Waals surface area (Å²) in [4.78, 5) is 27.4. The van der Waals surface area contributed by atoms with E-state index < -0.39 is 22.8 Å². The Bertz CT molecular complexity index is 1310. The highest BCUT2D eigenvalue weighted by Crippen LogP contribution is 2.31. The highest BCUT2D eigenvalue weighted by atomic mass is 35.5. The average Bonchev–Trinajstić information content (AvgIpc) is 2.88. The molecule has 0 bridgehead atoms. The second-order valence-corrected chi connectivity index (χ2v) is 7.94. The number of pyridine rings is 1. The first kappa shape index (κ1) is 27.3. The van der Waals surface area contributed by atoms with Crippen LogP contribution in [0.4, 0.5) is 10.1 Å². The van der Waals surface area contributed by atoms with Gasteiger partial charge in [-0.2, -0.15) is 0 Å². The van der Waals surface area contributed by atoms with Crippen molar-refractivity contribution < 1.29 is 28.3 Å². The van der Waals surface area contributed by atoms with Crippen LogP contribution in [0.1, 0.15) is 29.7 Å². The monoisotopic (exact) mass is 531 g/mol. The van der Waals surface area contributed by atoms with Crippen LogP contribution >= 0.6 is 11.8 Å². The van der Waals surface area contributed by atoms with Gasteiger partial charge in [-0.25, -0.2) is 13.8 Å². The molecule has 0 aliphatic heterocycles. The highest BCUT2D eigenvalue weighted by Gasteiger charge is 2.29. The Morgan fingerprint density at radius 1 is 1.27 bits per heavy atom. The fourth-order valence-electron chi connectivity index (χ4n) is 3.26. The third kappa shape index (κ3) is 6.68. The summed E-state index contributed by atoms with van der Waals surface area (Å²) in [5.41, 5.74) is 6.05. The van der Waals surface area contributed by atoms with E-state index in [1.807, 2.05) is 0 Å². The van der Waals surface area contributed by atoms with Crippen molar-refractivity contribution in [3.05, 3.63) is 87.3 Å². The normalized spacial score (nSPS) is 11.5. The van der Waals surface area contributed by atoms with E-state index in [0.717, 1.165) is 16.7 Å². The number of rotatable bonds is 11. The molecule has 11 nitrogen and oxygen atoms in total. The molecule has 1 heterocycles. The molecule has 0 fully saturated rings. The fraction of sp³-hybridized carbons (Fsp3) is 0.208. The lowest BCUT2D eigenvalue weighted by Gasteiger charge is -2.23. The van der Waals surface area contributed by atoms with Gasteiger partial charge in [0.05, 0.1) is 18.6 Å². The van der Waals surface area contributed by atoms with E-state index in [2.05, 4.69) is 4.98 Å². The molecular weight excluding hydrogens is 509 g/mol. The quantitative estimate of drug-likeness (QED) is 0.121. The third-order valence-electron chi connectivity index (χ3n) is 5.12. The second-order valence-electron chi connectivity index (χ2n) is 7.53. The first-order valence-electron chi connectivity index (χ1n) is 10.8. The second kappa shape index (κ2) is 12.1. The number of hydrogen-bond acceptors (Lipinski definition) is 8. The summed E-state index contributed by atoms with van der Waals surface area (Å²) in [6, 6.07) is 11.0. The maximum Gasteiger partial charge on any atom is 0.287 e. The summed E-state index contributed by atoms with van der Waals surface area (Å²) in [5, 5.41) is 18.6. The Hall–Kier alpha value is -4.29. The van der Waals surface area contributed by atoms with E-state index in [-0.39, 0.29) is 47.6 Å². The Morgan fingerprint density at radius 3 is 2.59 bits per heavy atom. The number of benzene rings is 2. The van der Waals surface area contributed by atoms with Gasteiger partial charge in [0.2, 0.25) is 5.88 Å². The molecule has 3 N–H and O–H groups in total. The maximum absolute atomic E-state index is 14.7. The summed E-state index contributed by atoms with van der Waals surface area (Å²) in [6.45, 7) is 1.56. The number of ether oxygens (including phenoxy) is 3. The number of nitro groups is 1. The van der Waals surface area contributed by atoms with Crippen LogP contribution in [0.25, 0.3) is 0 Å². The van der Waals surface area contributed by atoms with Crippen LogP contribution in [-0.4, -0.2) is 39.8 Å². The van der Waals surface area contributed by atoms with Crippen LogP contribution < -0.4 is 15.2 Å². The maximum atomic E-state index is 14.7. The zero-order valence-electron chi connectivity index (χ0n) is 19.8. The number of nitrogen functional groups attached to an aromatic ring is 1. The van der Waals surface area contributed by atoms with E-state index in [4.69, 9.17) is 37.1 Å². The van der Waals surface area contributed by atoms with Gasteiger partial charge in [-0.3, -0.25) is 20.3 Å². The van der Waals surface area contributed by atoms with Crippen LogP contribution in [0.15, 0.2) is 54.7 Å². The third-order valence-corrected chi connectivity index (χ3v) is 5.41. The van der Waals surface area contributed by atoms with E-state index in [1.165, 1.54) is 43.5 Å². The highest BCUT2D eigenvalue weighted by molar-refractivity contribution is 6.21. The lowest BCUT2D eigenvalue weighted by molar-refractivity contribution is -0.385. The van der Waals surface area contributed by atoms with Crippen molar-refractivity contribution >= 4 is 29.2 Å². The number of nitrogens with two attached hydrogens (primary N) is 1. The van der Waals surface area contributed by atoms with Crippen molar-refractivity contribution in [2.45, 2.75) is 19.6 Å². The molecule has 3 rings (SSSR count). The number of amides is 1. The van der Waals surface area contributed by atoms with Gasteiger partial charge < -0.3 is 19.9 Å². The standard InChI is InChI=1S/C24H23ClFN5O6/c1-3-36-22(18-8-7-17(35-2)11-19(18)26)24(32)30(25)13-15-5-4-14(23(27)28)10-20(15)37-21-9-6-16(12-29-21)31(33)34/h4-12,22H,3,13H2,1-2H3,(H3,27,28). The summed E-state index contributed by atoms with van der Waals surface area (Å²) in [5.74, 6) is -1.22. The van der Waals surface area contributed by atoms with Crippen LogP contribution in [0.2, 0.25) is 0 Å². The van der Waals surface area contributed by atoms with Crippen molar-refractivity contribution in [1.82, 2.24) is 9.40 Å². The number of methoxy groups -OCH3 is 1. The Kier molecular flexibility index (Phi) is 8.93. The van der Waals surface area contributed by atoms with Gasteiger partial charge in [-0.1, -0.05) is 12.1 Å². The summed E-state index contributed by atoms with van der Waals surface area (Å²) in [7, 11) is 1.39. The zero-order valence-corrected chi connectivity index (χ0v) is 20.6. The lowest BCUT2D eigenvalue weighted by Crippen LogP contribution is -2.30. The number of halogens is 2. The molecule has 0 aliphatic rings. The van der Waals surface area contributed by atoms with Crippen molar-refractivity contribution in [1.29, 1.82) is 5.41 Å². The Morgan fingerprint density at radius 2 is 2.03 bits per heavy atom. The molecule has 1 amide bonds. The molecule has 1 aromatic heterocycles. The molecule has 0 spiro atoms. The minimum atomic E-state index is -1.33. The summed E-state index contributed by atoms with van der Waals surface area (Å²) < 4.78 is 31.8. The summed E-state index contributed by atoms with van der Waals surface area (Å²) >= 11 is 6.33. The molecule has 0 radical (unpaired) electrons. The SMILES string of the molecule is CCOC(C(=O)N(Cl)Cc1ccc(C(=N)N)cc1Oc1ccc([N+](=O)[O-])cn1)c1ccc(OC)cc1F. The molecule has 1 atom stereocenters. The van der Waals surface area contributed by atoms with Crippen molar-refractivity contribution in [3.8, 4) is 17.4 Å². The number of hydrogen-bond donors (Lipinski definition) is 2. The lowest BCUT2D eigenvalue weighted by atomic mass is 10.1.